The number of hydrogen-bond donors (Lipinski definition) is 1. The first kappa shape index (κ1) is 21.6. The minimum absolute atomic E-state index is 0.196. The molecule has 0 fully saturated rings. The number of alkyl halides is 5. The minimum atomic E-state index is -4.45. The highest BCUT2D eigenvalue weighted by atomic mass is 19.4. The first-order chi connectivity index (χ1) is 13.0. The number of unbranched alkanes of at least 4 members (excludes halogenated alkanes) is 1. The molecule has 28 heavy (non-hydrogen) atoms. The van der Waals surface area contributed by atoms with Crippen LogP contribution >= 0.6 is 0 Å². The van der Waals surface area contributed by atoms with Gasteiger partial charge in [-0.2, -0.15) is 18.3 Å². The quantitative estimate of drug-likeness (QED) is 0.367. The predicted octanol–water partition coefficient (Wildman–Crippen LogP) is 5.38. The molecule has 0 aliphatic rings. The Kier molecular flexibility index (Phi) is 6.93. The molecule has 9 heteroatoms. The van der Waals surface area contributed by atoms with Crippen LogP contribution in [0.4, 0.5) is 27.8 Å². The predicted molar refractivity (Wildman–Crippen MR) is 95.8 cm³/mol. The molecule has 0 spiro atoms. The summed E-state index contributed by atoms with van der Waals surface area (Å²) in [5.74, 6) is -2.97. The molecule has 0 unspecified atom stereocenters. The van der Waals surface area contributed by atoms with E-state index in [2.05, 4.69) is 10.4 Å². The lowest BCUT2D eigenvalue weighted by atomic mass is 10.1. The first-order valence-corrected chi connectivity index (χ1v) is 8.60. The van der Waals surface area contributed by atoms with Gasteiger partial charge in [0.05, 0.1) is 5.56 Å². The maximum absolute atomic E-state index is 12.7. The summed E-state index contributed by atoms with van der Waals surface area (Å²) in [5.41, 5.74) is -0.558. The lowest BCUT2D eigenvalue weighted by Crippen LogP contribution is -2.10. The normalized spacial score (nSPS) is 12.5. The number of amides is 1. The van der Waals surface area contributed by atoms with E-state index in [1.54, 1.807) is 12.3 Å². The topological polar surface area (TPSA) is 46.9 Å². The van der Waals surface area contributed by atoms with E-state index in [4.69, 9.17) is 0 Å². The van der Waals surface area contributed by atoms with E-state index in [9.17, 15) is 26.7 Å². The van der Waals surface area contributed by atoms with Crippen LogP contribution < -0.4 is 5.32 Å². The third kappa shape index (κ3) is 7.50. The van der Waals surface area contributed by atoms with E-state index in [1.165, 1.54) is 22.9 Å². The molecule has 1 N–H and O–H groups in total. The Morgan fingerprint density at radius 3 is 2.61 bits per heavy atom. The van der Waals surface area contributed by atoms with Crippen LogP contribution in [0, 0.1) is 0 Å². The average molecular weight is 401 g/mol. The molecule has 4 nitrogen and oxygen atoms in total. The van der Waals surface area contributed by atoms with Crippen molar-refractivity contribution in [3.63, 3.8) is 0 Å². The zero-order valence-electron chi connectivity index (χ0n) is 15.1. The van der Waals surface area contributed by atoms with E-state index in [0.29, 0.717) is 19.4 Å². The number of aryl methyl sites for hydroxylation is 1. The van der Waals surface area contributed by atoms with Gasteiger partial charge in [-0.05, 0) is 43.5 Å². The van der Waals surface area contributed by atoms with Crippen molar-refractivity contribution in [3.05, 3.63) is 53.7 Å². The number of hydrogen-bond acceptors (Lipinski definition) is 2. The van der Waals surface area contributed by atoms with Crippen molar-refractivity contribution in [1.82, 2.24) is 9.78 Å². The second-order valence-corrected chi connectivity index (χ2v) is 6.44. The molecule has 1 heterocycles. The molecule has 0 saturated carbocycles. The van der Waals surface area contributed by atoms with Crippen molar-refractivity contribution in [2.45, 2.75) is 44.8 Å². The van der Waals surface area contributed by atoms with Gasteiger partial charge in [-0.3, -0.25) is 9.48 Å². The summed E-state index contributed by atoms with van der Waals surface area (Å²) in [6.45, 7) is 1.31. The highest BCUT2D eigenvalue weighted by Crippen LogP contribution is 2.29. The molecular weight excluding hydrogens is 381 g/mol. The summed E-state index contributed by atoms with van der Waals surface area (Å²) in [5, 5.41) is 6.59. The third-order valence-electron chi connectivity index (χ3n) is 3.79. The summed E-state index contributed by atoms with van der Waals surface area (Å²) >= 11 is 0. The smallest absolute Gasteiger partial charge is 0.306 e. The highest BCUT2D eigenvalue weighted by Gasteiger charge is 2.30. The fourth-order valence-electron chi connectivity index (χ4n) is 2.42. The molecule has 152 valence electrons. The van der Waals surface area contributed by atoms with Crippen LogP contribution in [-0.4, -0.2) is 21.6 Å². The summed E-state index contributed by atoms with van der Waals surface area (Å²) in [4.78, 5) is 11.9. The van der Waals surface area contributed by atoms with E-state index in [1.807, 2.05) is 0 Å². The van der Waals surface area contributed by atoms with Crippen molar-refractivity contribution < 1.29 is 26.7 Å². The fourth-order valence-corrected chi connectivity index (χ4v) is 2.42. The highest BCUT2D eigenvalue weighted by molar-refractivity contribution is 6.01. The van der Waals surface area contributed by atoms with Gasteiger partial charge in [0.15, 0.2) is 5.82 Å². The number of nitrogens with zero attached hydrogens (tertiary/aromatic N) is 2. The molecule has 2 aromatic rings. The maximum Gasteiger partial charge on any atom is 0.416 e. The van der Waals surface area contributed by atoms with Gasteiger partial charge in [-0.15, -0.1) is 0 Å². The number of anilines is 1. The van der Waals surface area contributed by atoms with E-state index >= 15 is 0 Å². The van der Waals surface area contributed by atoms with Gasteiger partial charge >= 0.3 is 6.18 Å². The maximum atomic E-state index is 12.7. The number of aromatic nitrogens is 2. The Bertz CT molecular complexity index is 821. The van der Waals surface area contributed by atoms with Crippen molar-refractivity contribution in [3.8, 4) is 0 Å². The number of halogens is 5. The van der Waals surface area contributed by atoms with Gasteiger partial charge in [-0.25, -0.2) is 8.78 Å². The second-order valence-electron chi connectivity index (χ2n) is 6.44. The first-order valence-electron chi connectivity index (χ1n) is 8.60. The Labute approximate surface area is 159 Å². The Morgan fingerprint density at radius 1 is 1.18 bits per heavy atom. The Balaban J connectivity index is 1.85. The van der Waals surface area contributed by atoms with E-state index in [0.717, 1.165) is 25.1 Å². The standard InChI is InChI=1S/C19H20F5N3O/c1-18(20,21)10-2-3-11-27-12-9-16(26-27)25-17(28)8-7-14-5-4-6-15(13-14)19(22,23)24/h4-9,12-13H,2-3,10-11H2,1H3,(H,25,26,28)/b8-7+. The summed E-state index contributed by atoms with van der Waals surface area (Å²) in [6.07, 6.45) is 0.212. The van der Waals surface area contributed by atoms with Gasteiger partial charge < -0.3 is 5.32 Å². The van der Waals surface area contributed by atoms with Crippen LogP contribution in [0.3, 0.4) is 0 Å². The largest absolute Gasteiger partial charge is 0.416 e. The third-order valence-corrected chi connectivity index (χ3v) is 3.79. The SMILES string of the molecule is CC(F)(F)CCCCn1ccc(NC(=O)/C=C/c2cccc(C(F)(F)F)c2)n1. The molecule has 2 rings (SSSR count). The summed E-state index contributed by atoms with van der Waals surface area (Å²) in [7, 11) is 0. The molecular formula is C19H20F5N3O. The lowest BCUT2D eigenvalue weighted by Gasteiger charge is -2.09. The number of benzene rings is 1. The molecule has 0 aliphatic heterocycles. The van der Waals surface area contributed by atoms with Crippen LogP contribution in [0.2, 0.25) is 0 Å². The zero-order chi connectivity index (χ0) is 20.8. The van der Waals surface area contributed by atoms with Gasteiger partial charge in [0.1, 0.15) is 0 Å². The fraction of sp³-hybridized carbons (Fsp3) is 0.368. The van der Waals surface area contributed by atoms with E-state index < -0.39 is 23.6 Å². The number of carbonyl (C=O) groups is 1. The van der Waals surface area contributed by atoms with Crippen molar-refractivity contribution in [1.29, 1.82) is 0 Å². The molecule has 1 aromatic carbocycles. The Morgan fingerprint density at radius 2 is 1.93 bits per heavy atom. The van der Waals surface area contributed by atoms with Crippen molar-refractivity contribution in [2.24, 2.45) is 0 Å². The van der Waals surface area contributed by atoms with E-state index in [-0.39, 0.29) is 17.8 Å². The second kappa shape index (κ2) is 8.99. The van der Waals surface area contributed by atoms with Crippen LogP contribution in [0.15, 0.2) is 42.6 Å². The summed E-state index contributed by atoms with van der Waals surface area (Å²) in [6, 6.07) is 6.15. The minimum Gasteiger partial charge on any atom is -0.306 e. The summed E-state index contributed by atoms with van der Waals surface area (Å²) < 4.78 is 65.0. The molecule has 1 aromatic heterocycles. The number of rotatable bonds is 8. The zero-order valence-corrected chi connectivity index (χ0v) is 15.1. The van der Waals surface area contributed by atoms with Crippen LogP contribution in [0.5, 0.6) is 0 Å². The Hall–Kier alpha value is -2.71. The average Bonchev–Trinajstić information content (AvgIpc) is 3.03. The van der Waals surface area contributed by atoms with Crippen molar-refractivity contribution >= 4 is 17.8 Å². The van der Waals surface area contributed by atoms with Gasteiger partial charge in [-0.1, -0.05) is 12.1 Å². The van der Waals surface area contributed by atoms with Gasteiger partial charge in [0.2, 0.25) is 11.8 Å². The van der Waals surface area contributed by atoms with Gasteiger partial charge in [0.25, 0.3) is 0 Å². The molecule has 0 aliphatic carbocycles. The van der Waals surface area contributed by atoms with Crippen molar-refractivity contribution in [2.75, 3.05) is 5.32 Å². The number of nitrogens with one attached hydrogen (secondary N) is 1. The molecule has 0 saturated heterocycles. The van der Waals surface area contributed by atoms with Gasteiger partial charge in [0, 0.05) is 31.3 Å². The number of carbonyl (C=O) groups excluding carboxylic acids is 1. The molecule has 0 bridgehead atoms. The van der Waals surface area contributed by atoms with Crippen LogP contribution in [0.1, 0.15) is 37.3 Å². The molecule has 0 radical (unpaired) electrons. The van der Waals surface area contributed by atoms with Crippen LogP contribution in [0.25, 0.3) is 6.08 Å². The molecule has 1 amide bonds. The lowest BCUT2D eigenvalue weighted by molar-refractivity contribution is -0.137. The monoisotopic (exact) mass is 401 g/mol. The molecule has 0 atom stereocenters. The van der Waals surface area contributed by atoms with Crippen LogP contribution in [-0.2, 0) is 17.5 Å².